The summed E-state index contributed by atoms with van der Waals surface area (Å²) in [6, 6.07) is 19.8. The van der Waals surface area contributed by atoms with Crippen molar-refractivity contribution >= 4 is 17.3 Å². The Labute approximate surface area is 201 Å². The van der Waals surface area contributed by atoms with Gasteiger partial charge in [-0.1, -0.05) is 36.4 Å². The Bertz CT molecular complexity index is 1650. The molecule has 1 aliphatic carbocycles. The Balaban J connectivity index is 1.62. The SMILES string of the molecule is Cc1cc(-c2c(-c3ccccc3)nc(N)[n+]3c(=O)n(C4Cc5ccc(N)cc5C4)[nH]c23)cc(C)n1. The second-order valence-electron chi connectivity index (χ2n) is 9.24. The molecule has 2 aromatic carbocycles. The summed E-state index contributed by atoms with van der Waals surface area (Å²) in [5.41, 5.74) is 21.0. The van der Waals surface area contributed by atoms with Crippen LogP contribution in [0, 0.1) is 13.8 Å². The molecule has 0 bridgehead atoms. The van der Waals surface area contributed by atoms with Gasteiger partial charge >= 0.3 is 11.6 Å². The van der Waals surface area contributed by atoms with Crippen molar-refractivity contribution in [3.8, 4) is 22.4 Å². The van der Waals surface area contributed by atoms with Crippen molar-refractivity contribution in [2.75, 3.05) is 11.5 Å². The normalized spacial score (nSPS) is 15.0. The summed E-state index contributed by atoms with van der Waals surface area (Å²) in [6.45, 7) is 3.92. The average molecular weight is 465 g/mol. The molecule has 0 fully saturated rings. The molecule has 0 saturated heterocycles. The van der Waals surface area contributed by atoms with Crippen molar-refractivity contribution in [3.05, 3.63) is 93.7 Å². The van der Waals surface area contributed by atoms with Crippen LogP contribution in [-0.4, -0.2) is 19.7 Å². The molecule has 0 spiro atoms. The van der Waals surface area contributed by atoms with E-state index in [0.29, 0.717) is 11.3 Å². The number of nitrogen functional groups attached to an aromatic ring is 2. The number of pyridine rings is 1. The molecule has 174 valence electrons. The third-order valence-corrected chi connectivity index (χ3v) is 6.70. The zero-order chi connectivity index (χ0) is 24.3. The Kier molecular flexibility index (Phi) is 4.70. The number of rotatable bonds is 3. The van der Waals surface area contributed by atoms with Gasteiger partial charge in [0.1, 0.15) is 5.69 Å². The molecule has 1 atom stereocenters. The maximum absolute atomic E-state index is 13.7. The van der Waals surface area contributed by atoms with E-state index in [9.17, 15) is 4.79 Å². The second kappa shape index (κ2) is 7.80. The van der Waals surface area contributed by atoms with E-state index in [-0.39, 0.29) is 17.7 Å². The molecule has 1 unspecified atom stereocenters. The van der Waals surface area contributed by atoms with Crippen LogP contribution in [-0.2, 0) is 12.8 Å². The number of nitrogens with zero attached hydrogens (tertiary/aromatic N) is 4. The monoisotopic (exact) mass is 464 g/mol. The summed E-state index contributed by atoms with van der Waals surface area (Å²) in [4.78, 5) is 22.9. The van der Waals surface area contributed by atoms with E-state index in [1.165, 1.54) is 15.5 Å². The summed E-state index contributed by atoms with van der Waals surface area (Å²) in [6.07, 6.45) is 1.46. The third-order valence-electron chi connectivity index (χ3n) is 6.70. The number of hydrogen-bond acceptors (Lipinski definition) is 5. The lowest BCUT2D eigenvalue weighted by atomic mass is 9.99. The highest BCUT2D eigenvalue weighted by atomic mass is 16.2. The maximum atomic E-state index is 13.7. The number of H-pyrrole nitrogens is 1. The molecule has 0 amide bonds. The van der Waals surface area contributed by atoms with Crippen molar-refractivity contribution in [2.24, 2.45) is 0 Å². The predicted octanol–water partition coefficient (Wildman–Crippen LogP) is 3.16. The molecule has 0 aliphatic heterocycles. The van der Waals surface area contributed by atoms with Gasteiger partial charge in [0.05, 0.1) is 11.6 Å². The summed E-state index contributed by atoms with van der Waals surface area (Å²) in [5, 5.41) is 3.41. The Morgan fingerprint density at radius 1 is 0.914 bits per heavy atom. The quantitative estimate of drug-likeness (QED) is 0.280. The summed E-state index contributed by atoms with van der Waals surface area (Å²) < 4.78 is 3.16. The van der Waals surface area contributed by atoms with Crippen LogP contribution in [0.25, 0.3) is 28.0 Å². The van der Waals surface area contributed by atoms with Crippen LogP contribution in [0.15, 0.2) is 65.5 Å². The van der Waals surface area contributed by atoms with E-state index in [4.69, 9.17) is 16.5 Å². The van der Waals surface area contributed by atoms with Crippen molar-refractivity contribution in [1.82, 2.24) is 19.7 Å². The lowest BCUT2D eigenvalue weighted by Crippen LogP contribution is -2.45. The fourth-order valence-electron chi connectivity index (χ4n) is 5.23. The molecule has 1 aliphatic rings. The first-order valence-corrected chi connectivity index (χ1v) is 11.6. The summed E-state index contributed by atoms with van der Waals surface area (Å²) in [7, 11) is 0. The zero-order valence-corrected chi connectivity index (χ0v) is 19.6. The predicted molar refractivity (Wildman–Crippen MR) is 136 cm³/mol. The van der Waals surface area contributed by atoms with Gasteiger partial charge in [0.2, 0.25) is 5.65 Å². The van der Waals surface area contributed by atoms with Crippen LogP contribution in [0.3, 0.4) is 0 Å². The highest BCUT2D eigenvalue weighted by Gasteiger charge is 2.32. The van der Waals surface area contributed by atoms with Gasteiger partial charge in [-0.05, 0) is 54.8 Å². The van der Waals surface area contributed by atoms with Crippen LogP contribution >= 0.6 is 0 Å². The highest BCUT2D eigenvalue weighted by Crippen LogP contribution is 2.34. The molecular formula is C27H26N7O+. The Morgan fingerprint density at radius 3 is 2.37 bits per heavy atom. The largest absolute Gasteiger partial charge is 0.428 e. The van der Waals surface area contributed by atoms with Crippen molar-refractivity contribution in [3.63, 3.8) is 0 Å². The minimum Gasteiger partial charge on any atom is -0.399 e. The van der Waals surface area contributed by atoms with Gasteiger partial charge < -0.3 is 11.5 Å². The molecule has 0 saturated carbocycles. The number of hydrogen-bond donors (Lipinski definition) is 3. The molecule has 8 nitrogen and oxygen atoms in total. The molecule has 35 heavy (non-hydrogen) atoms. The van der Waals surface area contributed by atoms with E-state index in [2.05, 4.69) is 10.1 Å². The molecule has 8 heteroatoms. The van der Waals surface area contributed by atoms with Gasteiger partial charge in [0, 0.05) is 35.5 Å². The smallest absolute Gasteiger partial charge is 0.399 e. The van der Waals surface area contributed by atoms with Gasteiger partial charge in [-0.15, -0.1) is 9.38 Å². The number of nitrogens with one attached hydrogen (secondary N) is 1. The zero-order valence-electron chi connectivity index (χ0n) is 19.6. The topological polar surface area (TPSA) is 120 Å². The standard InChI is InChI=1S/C27H25N7O/c1-15-10-20(11-16(2)30-15)23-24(17-6-4-3-5-7-17)31-26(29)33-25(23)32-34(27(33)35)22-13-18-8-9-21(28)12-19(18)14-22/h3-12,22H,13-14,28H2,1-2H3,(H2,29,30,31,32)/p+1. The van der Waals surface area contributed by atoms with E-state index in [1.807, 2.05) is 74.5 Å². The van der Waals surface area contributed by atoms with Crippen molar-refractivity contribution < 1.29 is 4.40 Å². The Morgan fingerprint density at radius 2 is 1.63 bits per heavy atom. The van der Waals surface area contributed by atoms with E-state index >= 15 is 0 Å². The molecular weight excluding hydrogens is 438 g/mol. The number of aromatic nitrogens is 5. The van der Waals surface area contributed by atoms with E-state index < -0.39 is 0 Å². The van der Waals surface area contributed by atoms with Crippen LogP contribution in [0.2, 0.25) is 0 Å². The third kappa shape index (κ3) is 3.45. The van der Waals surface area contributed by atoms with Crippen LogP contribution in [0.5, 0.6) is 0 Å². The number of nitrogens with two attached hydrogens (primary N) is 2. The minimum absolute atomic E-state index is 0.0625. The van der Waals surface area contributed by atoms with Crippen LogP contribution in [0.4, 0.5) is 11.6 Å². The van der Waals surface area contributed by atoms with Crippen LogP contribution < -0.4 is 21.6 Å². The maximum Gasteiger partial charge on any atom is 0.428 e. The van der Waals surface area contributed by atoms with Crippen molar-refractivity contribution in [2.45, 2.75) is 32.7 Å². The first-order valence-electron chi connectivity index (χ1n) is 11.6. The summed E-state index contributed by atoms with van der Waals surface area (Å²) in [5.74, 6) is 0.143. The lowest BCUT2D eigenvalue weighted by Gasteiger charge is -2.10. The average Bonchev–Trinajstić information content (AvgIpc) is 3.39. The van der Waals surface area contributed by atoms with Crippen LogP contribution in [0.1, 0.15) is 28.6 Å². The molecule has 5 N–H and O–H groups in total. The van der Waals surface area contributed by atoms with Gasteiger partial charge in [0.15, 0.2) is 0 Å². The lowest BCUT2D eigenvalue weighted by molar-refractivity contribution is -0.517. The van der Waals surface area contributed by atoms with Gasteiger partial charge in [0.25, 0.3) is 0 Å². The first kappa shape index (κ1) is 21.1. The molecule has 0 radical (unpaired) electrons. The molecule has 5 aromatic rings. The molecule has 3 heterocycles. The number of benzene rings is 2. The second-order valence-corrected chi connectivity index (χ2v) is 9.24. The van der Waals surface area contributed by atoms with Gasteiger partial charge in [-0.25, -0.2) is 9.89 Å². The number of aromatic amines is 1. The van der Waals surface area contributed by atoms with E-state index in [1.54, 1.807) is 4.68 Å². The highest BCUT2D eigenvalue weighted by molar-refractivity contribution is 5.88. The Hall–Kier alpha value is -4.46. The molecule has 3 aromatic heterocycles. The first-order chi connectivity index (χ1) is 16.9. The molecule has 6 rings (SSSR count). The fraction of sp³-hybridized carbons (Fsp3) is 0.185. The fourth-order valence-corrected chi connectivity index (χ4v) is 5.23. The van der Waals surface area contributed by atoms with Gasteiger partial charge in [-0.2, -0.15) is 4.68 Å². The minimum atomic E-state index is -0.237. The van der Waals surface area contributed by atoms with E-state index in [0.717, 1.165) is 46.6 Å². The number of fused-ring (bicyclic) bond motifs is 2. The van der Waals surface area contributed by atoms with Crippen molar-refractivity contribution in [1.29, 1.82) is 0 Å². The van der Waals surface area contributed by atoms with Gasteiger partial charge in [-0.3, -0.25) is 4.98 Å². The number of anilines is 2. The summed E-state index contributed by atoms with van der Waals surface area (Å²) >= 11 is 0. The number of aryl methyl sites for hydroxylation is 2.